The third-order valence-electron chi connectivity index (χ3n) is 2.91. The highest BCUT2D eigenvalue weighted by Crippen LogP contribution is 2.25. The lowest BCUT2D eigenvalue weighted by Gasteiger charge is -2.23. The molecule has 0 radical (unpaired) electrons. The third kappa shape index (κ3) is 3.49. The van der Waals surface area contributed by atoms with E-state index in [0.29, 0.717) is 23.6 Å². The van der Waals surface area contributed by atoms with Crippen LogP contribution in [0, 0.1) is 3.57 Å². The normalized spacial score (nSPS) is 17.7. The highest BCUT2D eigenvalue weighted by molar-refractivity contribution is 14.1. The lowest BCUT2D eigenvalue weighted by molar-refractivity contribution is 0.499. The summed E-state index contributed by atoms with van der Waals surface area (Å²) in [5.41, 5.74) is 0.596. The Morgan fingerprint density at radius 2 is 2.00 bits per heavy atom. The monoisotopic (exact) mass is 400 g/mol. The minimum Gasteiger partial charge on any atom is -0.317 e. The Labute approximate surface area is 126 Å². The average Bonchev–Trinajstić information content (AvgIpc) is 2.34. The summed E-state index contributed by atoms with van der Waals surface area (Å²) in [6.07, 6.45) is 1.30. The summed E-state index contributed by atoms with van der Waals surface area (Å²) in [6.45, 7) is 1.51. The maximum absolute atomic E-state index is 12.2. The number of halogens is 2. The summed E-state index contributed by atoms with van der Waals surface area (Å²) in [4.78, 5) is 0. The predicted molar refractivity (Wildman–Crippen MR) is 82.6 cm³/mol. The highest BCUT2D eigenvalue weighted by Gasteiger charge is 2.27. The first-order valence-electron chi connectivity index (χ1n) is 5.66. The number of hydrogen-bond acceptors (Lipinski definition) is 3. The summed E-state index contributed by atoms with van der Waals surface area (Å²) in [7, 11) is -3.31. The summed E-state index contributed by atoms with van der Waals surface area (Å²) in [5, 5.41) is 3.44. The van der Waals surface area contributed by atoms with E-state index in [4.69, 9.17) is 11.6 Å². The Balaban J connectivity index is 2.16. The first kappa shape index (κ1) is 14.4. The minimum absolute atomic E-state index is 0.315. The second kappa shape index (κ2) is 5.94. The number of hydrogen-bond donors (Lipinski definition) is 2. The van der Waals surface area contributed by atoms with Crippen LogP contribution in [0.5, 0.6) is 0 Å². The second-order valence-electron chi connectivity index (χ2n) is 4.22. The number of anilines is 1. The van der Waals surface area contributed by atoms with Crippen LogP contribution in [-0.2, 0) is 10.0 Å². The van der Waals surface area contributed by atoms with Crippen molar-refractivity contribution in [2.45, 2.75) is 18.1 Å². The van der Waals surface area contributed by atoms with Gasteiger partial charge < -0.3 is 5.32 Å². The molecule has 18 heavy (non-hydrogen) atoms. The number of benzene rings is 1. The highest BCUT2D eigenvalue weighted by atomic mass is 127. The Bertz CT molecular complexity index is 530. The number of rotatable bonds is 3. The molecule has 7 heteroatoms. The average molecular weight is 401 g/mol. The van der Waals surface area contributed by atoms with Gasteiger partial charge in [-0.1, -0.05) is 11.6 Å². The lowest BCUT2D eigenvalue weighted by Crippen LogP contribution is -2.38. The molecule has 4 nitrogen and oxygen atoms in total. The molecule has 1 heterocycles. The maximum Gasteiger partial charge on any atom is 0.235 e. The largest absolute Gasteiger partial charge is 0.317 e. The van der Waals surface area contributed by atoms with Gasteiger partial charge in [0, 0.05) is 8.59 Å². The molecule has 0 bridgehead atoms. The van der Waals surface area contributed by atoms with Crippen LogP contribution in [0.4, 0.5) is 5.69 Å². The van der Waals surface area contributed by atoms with Crippen LogP contribution >= 0.6 is 34.2 Å². The van der Waals surface area contributed by atoms with E-state index >= 15 is 0 Å². The van der Waals surface area contributed by atoms with E-state index in [1.165, 1.54) is 0 Å². The second-order valence-corrected chi connectivity index (χ2v) is 7.78. The molecule has 0 unspecified atom stereocenters. The minimum atomic E-state index is -3.31. The SMILES string of the molecule is O=S(=O)(Nc1ccc(Cl)cc1I)C1CCNCC1. The van der Waals surface area contributed by atoms with Crippen LogP contribution in [0.2, 0.25) is 5.02 Å². The molecule has 1 aliphatic heterocycles. The van der Waals surface area contributed by atoms with E-state index in [1.54, 1.807) is 18.2 Å². The molecule has 0 spiro atoms. The zero-order chi connectivity index (χ0) is 13.2. The van der Waals surface area contributed by atoms with Gasteiger partial charge in [-0.3, -0.25) is 4.72 Å². The Hall–Kier alpha value is -0.0500. The molecule has 0 aliphatic carbocycles. The molecule has 2 rings (SSSR count). The van der Waals surface area contributed by atoms with Crippen molar-refractivity contribution >= 4 is 49.9 Å². The van der Waals surface area contributed by atoms with Gasteiger partial charge in [0.2, 0.25) is 10.0 Å². The zero-order valence-corrected chi connectivity index (χ0v) is 13.3. The van der Waals surface area contributed by atoms with Crippen molar-refractivity contribution < 1.29 is 8.42 Å². The summed E-state index contributed by atoms with van der Waals surface area (Å²) in [6, 6.07) is 5.12. The molecular formula is C11H14ClIN2O2S. The third-order valence-corrected chi connectivity index (χ3v) is 5.89. The molecule has 1 saturated heterocycles. The Kier molecular flexibility index (Phi) is 4.74. The van der Waals surface area contributed by atoms with E-state index in [2.05, 4.69) is 32.6 Å². The number of nitrogens with one attached hydrogen (secondary N) is 2. The van der Waals surface area contributed by atoms with Gasteiger partial charge in [0.05, 0.1) is 10.9 Å². The van der Waals surface area contributed by atoms with E-state index in [0.717, 1.165) is 16.7 Å². The smallest absolute Gasteiger partial charge is 0.235 e. The predicted octanol–water partition coefficient (Wildman–Crippen LogP) is 2.44. The Morgan fingerprint density at radius 3 is 2.61 bits per heavy atom. The molecule has 0 amide bonds. The van der Waals surface area contributed by atoms with Gasteiger partial charge in [0.1, 0.15) is 0 Å². The molecule has 0 aromatic heterocycles. The van der Waals surface area contributed by atoms with Crippen LogP contribution in [0.1, 0.15) is 12.8 Å². The van der Waals surface area contributed by atoms with Crippen molar-refractivity contribution in [3.05, 3.63) is 26.8 Å². The van der Waals surface area contributed by atoms with Crippen molar-refractivity contribution in [1.82, 2.24) is 5.32 Å². The topological polar surface area (TPSA) is 58.2 Å². The van der Waals surface area contributed by atoms with Crippen molar-refractivity contribution in [1.29, 1.82) is 0 Å². The summed E-state index contributed by atoms with van der Waals surface area (Å²) < 4.78 is 27.9. The van der Waals surface area contributed by atoms with Gasteiger partial charge in [-0.15, -0.1) is 0 Å². The molecule has 1 fully saturated rings. The first-order valence-corrected chi connectivity index (χ1v) is 8.67. The molecular weight excluding hydrogens is 387 g/mol. The van der Waals surface area contributed by atoms with Gasteiger partial charge in [-0.25, -0.2) is 8.42 Å². The van der Waals surface area contributed by atoms with E-state index in [1.807, 2.05) is 0 Å². The van der Waals surface area contributed by atoms with Crippen LogP contribution in [0.15, 0.2) is 18.2 Å². The van der Waals surface area contributed by atoms with Crippen LogP contribution in [0.3, 0.4) is 0 Å². The van der Waals surface area contributed by atoms with Gasteiger partial charge in [0.25, 0.3) is 0 Å². The van der Waals surface area contributed by atoms with Gasteiger partial charge in [-0.05, 0) is 66.7 Å². The standard InChI is InChI=1S/C11H14ClIN2O2S/c12-8-1-2-11(10(13)7-8)15-18(16,17)9-3-5-14-6-4-9/h1-2,7,9,14-15H,3-6H2. The van der Waals surface area contributed by atoms with Crippen LogP contribution in [-0.4, -0.2) is 26.8 Å². The van der Waals surface area contributed by atoms with E-state index in [9.17, 15) is 8.42 Å². The van der Waals surface area contributed by atoms with Gasteiger partial charge in [-0.2, -0.15) is 0 Å². The summed E-state index contributed by atoms with van der Waals surface area (Å²) in [5.74, 6) is 0. The number of sulfonamides is 1. The van der Waals surface area contributed by atoms with E-state index < -0.39 is 10.0 Å². The molecule has 100 valence electrons. The van der Waals surface area contributed by atoms with Crippen molar-refractivity contribution in [3.8, 4) is 0 Å². The fourth-order valence-electron chi connectivity index (χ4n) is 1.91. The van der Waals surface area contributed by atoms with Crippen molar-refractivity contribution in [2.75, 3.05) is 17.8 Å². The van der Waals surface area contributed by atoms with Gasteiger partial charge >= 0.3 is 0 Å². The number of piperidine rings is 1. The molecule has 2 N–H and O–H groups in total. The molecule has 1 aromatic carbocycles. The fraction of sp³-hybridized carbons (Fsp3) is 0.455. The first-order chi connectivity index (χ1) is 8.49. The van der Waals surface area contributed by atoms with E-state index in [-0.39, 0.29) is 5.25 Å². The lowest BCUT2D eigenvalue weighted by atomic mass is 10.2. The fourth-order valence-corrected chi connectivity index (χ4v) is 4.61. The quantitative estimate of drug-likeness (QED) is 0.766. The molecule has 0 saturated carbocycles. The van der Waals surface area contributed by atoms with Crippen LogP contribution in [0.25, 0.3) is 0 Å². The van der Waals surface area contributed by atoms with Crippen molar-refractivity contribution in [3.63, 3.8) is 0 Å². The zero-order valence-electron chi connectivity index (χ0n) is 9.62. The maximum atomic E-state index is 12.2. The Morgan fingerprint density at radius 1 is 1.33 bits per heavy atom. The molecule has 0 atom stereocenters. The van der Waals surface area contributed by atoms with Gasteiger partial charge in [0.15, 0.2) is 0 Å². The molecule has 1 aromatic rings. The van der Waals surface area contributed by atoms with Crippen molar-refractivity contribution in [2.24, 2.45) is 0 Å². The van der Waals surface area contributed by atoms with Crippen LogP contribution < -0.4 is 10.0 Å². The summed E-state index contributed by atoms with van der Waals surface area (Å²) >= 11 is 7.92. The molecule has 1 aliphatic rings.